The molecule has 186 valence electrons. The maximum Gasteiger partial charge on any atom is 0.251 e. The molecule has 0 aromatic heterocycles. The molecule has 0 saturated carbocycles. The third-order valence-electron chi connectivity index (χ3n) is 5.63. The molecule has 1 heterocycles. The summed E-state index contributed by atoms with van der Waals surface area (Å²) in [5.74, 6) is -0.339. The van der Waals surface area contributed by atoms with Crippen molar-refractivity contribution in [3.8, 4) is 0 Å². The van der Waals surface area contributed by atoms with Gasteiger partial charge in [0, 0.05) is 42.0 Å². The van der Waals surface area contributed by atoms with Crippen LogP contribution in [0.2, 0.25) is 0 Å². The Morgan fingerprint density at radius 2 is 1.91 bits per heavy atom. The fourth-order valence-electron chi connectivity index (χ4n) is 4.07. The van der Waals surface area contributed by atoms with E-state index in [-0.39, 0.29) is 28.7 Å². The van der Waals surface area contributed by atoms with Crippen LogP contribution in [0.15, 0.2) is 47.4 Å². The van der Waals surface area contributed by atoms with Gasteiger partial charge < -0.3 is 15.5 Å². The average molecular weight is 491 g/mol. The number of piperidine rings is 1. The summed E-state index contributed by atoms with van der Waals surface area (Å²) in [6.07, 6.45) is 2.14. The zero-order chi connectivity index (χ0) is 24.9. The van der Waals surface area contributed by atoms with Crippen LogP contribution in [0.1, 0.15) is 49.5 Å². The van der Waals surface area contributed by atoms with Gasteiger partial charge in [-0.1, -0.05) is 18.2 Å². The highest BCUT2D eigenvalue weighted by Crippen LogP contribution is 2.22. The van der Waals surface area contributed by atoms with Crippen LogP contribution in [0, 0.1) is 11.7 Å². The van der Waals surface area contributed by atoms with Gasteiger partial charge in [-0.2, -0.15) is 0 Å². The Hall–Kier alpha value is -2.49. The van der Waals surface area contributed by atoms with Gasteiger partial charge >= 0.3 is 0 Å². The van der Waals surface area contributed by atoms with Gasteiger partial charge in [0.2, 0.25) is 10.0 Å². The summed E-state index contributed by atoms with van der Waals surface area (Å²) < 4.78 is 42.7. The van der Waals surface area contributed by atoms with Crippen molar-refractivity contribution >= 4 is 21.6 Å². The first-order valence-electron chi connectivity index (χ1n) is 11.6. The van der Waals surface area contributed by atoms with Crippen LogP contribution in [0.4, 0.5) is 10.1 Å². The summed E-state index contributed by atoms with van der Waals surface area (Å²) in [7, 11) is -1.81. The molecule has 1 atom stereocenters. The lowest BCUT2D eigenvalue weighted by Crippen LogP contribution is -2.40. The Bertz CT molecular complexity index is 1120. The lowest BCUT2D eigenvalue weighted by molar-refractivity contribution is 0.0936. The maximum absolute atomic E-state index is 14.0. The van der Waals surface area contributed by atoms with E-state index < -0.39 is 15.6 Å². The number of halogens is 1. The average Bonchev–Trinajstić information content (AvgIpc) is 2.75. The van der Waals surface area contributed by atoms with Crippen molar-refractivity contribution in [1.82, 2.24) is 14.9 Å². The summed E-state index contributed by atoms with van der Waals surface area (Å²) >= 11 is 0. The van der Waals surface area contributed by atoms with Crippen LogP contribution in [0.5, 0.6) is 0 Å². The zero-order valence-corrected chi connectivity index (χ0v) is 21.1. The monoisotopic (exact) mass is 490 g/mol. The molecule has 3 N–H and O–H groups in total. The SMILES string of the molecule is CN1CCC[C@@H](CNC(=O)c2cc(NCc3ccccc3F)cc(S(=O)(=O)NC(C)(C)C)c2)C1. The van der Waals surface area contributed by atoms with Gasteiger partial charge in [0.15, 0.2) is 0 Å². The summed E-state index contributed by atoms with van der Waals surface area (Å²) in [5.41, 5.74) is 0.403. The topological polar surface area (TPSA) is 90.5 Å². The minimum Gasteiger partial charge on any atom is -0.381 e. The molecule has 3 rings (SSSR count). The first-order valence-corrected chi connectivity index (χ1v) is 13.0. The predicted octanol–water partition coefficient (Wildman–Crippen LogP) is 3.59. The summed E-state index contributed by atoms with van der Waals surface area (Å²) in [4.78, 5) is 15.2. The molecule has 2 aromatic carbocycles. The Kier molecular flexibility index (Phi) is 8.33. The predicted molar refractivity (Wildman–Crippen MR) is 133 cm³/mol. The molecule has 0 bridgehead atoms. The second kappa shape index (κ2) is 10.8. The summed E-state index contributed by atoms with van der Waals surface area (Å²) in [5, 5.41) is 6.02. The number of carbonyl (C=O) groups is 1. The third-order valence-corrected chi connectivity index (χ3v) is 7.37. The van der Waals surface area contributed by atoms with E-state index in [9.17, 15) is 17.6 Å². The molecule has 0 spiro atoms. The highest BCUT2D eigenvalue weighted by molar-refractivity contribution is 7.89. The smallest absolute Gasteiger partial charge is 0.251 e. The molecule has 2 aromatic rings. The lowest BCUT2D eigenvalue weighted by atomic mass is 9.98. The van der Waals surface area contributed by atoms with Crippen molar-refractivity contribution in [2.24, 2.45) is 5.92 Å². The van der Waals surface area contributed by atoms with Gasteiger partial charge in [0.1, 0.15) is 5.82 Å². The number of likely N-dealkylation sites (tertiary alicyclic amines) is 1. The molecule has 0 radical (unpaired) electrons. The highest BCUT2D eigenvalue weighted by atomic mass is 32.2. The number of nitrogens with one attached hydrogen (secondary N) is 3. The molecule has 1 saturated heterocycles. The van der Waals surface area contributed by atoms with Crippen LogP contribution in [0.3, 0.4) is 0 Å². The second-order valence-electron chi connectivity index (χ2n) is 10.0. The standard InChI is InChI=1S/C25H35FN4O3S/c1-25(2,3)29-34(32,33)22-13-20(24(31)28-15-18-8-7-11-30(4)17-18)12-21(14-22)27-16-19-9-5-6-10-23(19)26/h5-6,9-10,12-14,18,27,29H,7-8,11,15-17H2,1-4H3,(H,28,31)/t18-/m0/s1. The highest BCUT2D eigenvalue weighted by Gasteiger charge is 2.24. The van der Waals surface area contributed by atoms with E-state index in [1.807, 2.05) is 0 Å². The van der Waals surface area contributed by atoms with Gasteiger partial charge in [-0.25, -0.2) is 17.5 Å². The van der Waals surface area contributed by atoms with E-state index in [0.717, 1.165) is 25.9 Å². The Morgan fingerprint density at radius 1 is 1.18 bits per heavy atom. The summed E-state index contributed by atoms with van der Waals surface area (Å²) in [6.45, 7) is 7.90. The van der Waals surface area contributed by atoms with Gasteiger partial charge in [-0.3, -0.25) is 4.79 Å². The number of nitrogens with zero attached hydrogens (tertiary/aromatic N) is 1. The molecular formula is C25H35FN4O3S. The van der Waals surface area contributed by atoms with Gasteiger partial charge in [-0.05, 0) is 77.4 Å². The Balaban J connectivity index is 1.84. The molecule has 0 aliphatic carbocycles. The van der Waals surface area contributed by atoms with Crippen LogP contribution >= 0.6 is 0 Å². The minimum absolute atomic E-state index is 0.0245. The van der Waals surface area contributed by atoms with Crippen LogP contribution in [0.25, 0.3) is 0 Å². The van der Waals surface area contributed by atoms with Gasteiger partial charge in [-0.15, -0.1) is 0 Å². The fourth-order valence-corrected chi connectivity index (χ4v) is 5.56. The van der Waals surface area contributed by atoms with Crippen molar-refractivity contribution in [1.29, 1.82) is 0 Å². The second-order valence-corrected chi connectivity index (χ2v) is 11.7. The number of amides is 1. The van der Waals surface area contributed by atoms with Crippen LogP contribution < -0.4 is 15.4 Å². The number of sulfonamides is 1. The van der Waals surface area contributed by atoms with Gasteiger partial charge in [0.05, 0.1) is 4.90 Å². The largest absolute Gasteiger partial charge is 0.381 e. The van der Waals surface area contributed by atoms with E-state index in [1.165, 1.54) is 18.2 Å². The molecule has 1 fully saturated rings. The number of anilines is 1. The number of carbonyl (C=O) groups excluding carboxylic acids is 1. The molecule has 1 aliphatic rings. The van der Waals surface area contributed by atoms with Gasteiger partial charge in [0.25, 0.3) is 5.91 Å². The fraction of sp³-hybridized carbons (Fsp3) is 0.480. The van der Waals surface area contributed by atoms with E-state index in [1.54, 1.807) is 45.0 Å². The van der Waals surface area contributed by atoms with E-state index in [2.05, 4.69) is 27.3 Å². The molecule has 9 heteroatoms. The van der Waals surface area contributed by atoms with Crippen molar-refractivity contribution in [2.45, 2.75) is 50.6 Å². The van der Waals surface area contributed by atoms with Crippen molar-refractivity contribution in [3.05, 3.63) is 59.4 Å². The number of rotatable bonds is 8. The maximum atomic E-state index is 14.0. The van der Waals surface area contributed by atoms with Crippen molar-refractivity contribution in [3.63, 3.8) is 0 Å². The normalized spacial score (nSPS) is 17.4. The zero-order valence-electron chi connectivity index (χ0n) is 20.3. The molecule has 34 heavy (non-hydrogen) atoms. The summed E-state index contributed by atoms with van der Waals surface area (Å²) in [6, 6.07) is 10.8. The molecule has 1 aliphatic heterocycles. The number of benzene rings is 2. The quantitative estimate of drug-likeness (QED) is 0.526. The minimum atomic E-state index is -3.88. The lowest BCUT2D eigenvalue weighted by Gasteiger charge is -2.29. The number of hydrogen-bond acceptors (Lipinski definition) is 5. The van der Waals surface area contributed by atoms with E-state index in [0.29, 0.717) is 23.7 Å². The van der Waals surface area contributed by atoms with Crippen molar-refractivity contribution < 1.29 is 17.6 Å². The van der Waals surface area contributed by atoms with E-state index >= 15 is 0 Å². The molecule has 7 nitrogen and oxygen atoms in total. The van der Waals surface area contributed by atoms with Crippen LogP contribution in [-0.4, -0.2) is 51.4 Å². The van der Waals surface area contributed by atoms with Crippen LogP contribution in [-0.2, 0) is 16.6 Å². The first kappa shape index (κ1) is 26.1. The number of hydrogen-bond donors (Lipinski definition) is 3. The third kappa shape index (κ3) is 7.51. The molecule has 0 unspecified atom stereocenters. The first-order chi connectivity index (χ1) is 15.9. The Labute approximate surface area is 202 Å². The Morgan fingerprint density at radius 3 is 2.59 bits per heavy atom. The molecular weight excluding hydrogens is 455 g/mol. The van der Waals surface area contributed by atoms with Crippen molar-refractivity contribution in [2.75, 3.05) is 32.0 Å². The molecule has 1 amide bonds. The van der Waals surface area contributed by atoms with E-state index in [4.69, 9.17) is 0 Å².